The minimum Gasteiger partial charge on any atom is -0.352 e. The van der Waals surface area contributed by atoms with Gasteiger partial charge in [-0.3, -0.25) is 9.59 Å². The lowest BCUT2D eigenvalue weighted by atomic mass is 10.1. The number of hydrogen-bond acceptors (Lipinski definition) is 2. The zero-order valence-corrected chi connectivity index (χ0v) is 17.4. The van der Waals surface area contributed by atoms with Gasteiger partial charge in [-0.2, -0.15) is 0 Å². The Hall–Kier alpha value is -3.92. The molecule has 0 aromatic heterocycles. The molecule has 0 aliphatic rings. The van der Waals surface area contributed by atoms with Crippen molar-refractivity contribution in [2.45, 2.75) is 13.0 Å². The molecule has 0 saturated carbocycles. The van der Waals surface area contributed by atoms with Gasteiger partial charge in [-0.1, -0.05) is 78.9 Å². The van der Waals surface area contributed by atoms with Crippen LogP contribution in [0.2, 0.25) is 0 Å². The zero-order chi connectivity index (χ0) is 21.9. The van der Waals surface area contributed by atoms with Gasteiger partial charge in [-0.05, 0) is 34.9 Å². The number of carbonyl (C=O) groups is 2. The van der Waals surface area contributed by atoms with Crippen LogP contribution in [0.3, 0.4) is 0 Å². The monoisotopic (exact) mass is 410 g/mol. The Morgan fingerprint density at radius 1 is 0.871 bits per heavy atom. The first-order valence-electron chi connectivity index (χ1n) is 10.2. The van der Waals surface area contributed by atoms with Gasteiger partial charge < -0.3 is 10.2 Å². The molecule has 0 atom stereocenters. The van der Waals surface area contributed by atoms with Crippen LogP contribution in [0.4, 0.5) is 5.69 Å². The third-order valence-electron chi connectivity index (χ3n) is 4.70. The van der Waals surface area contributed by atoms with Gasteiger partial charge in [0.2, 0.25) is 5.91 Å². The van der Waals surface area contributed by atoms with Gasteiger partial charge in [-0.15, -0.1) is 6.58 Å². The number of benzene rings is 3. The lowest BCUT2D eigenvalue weighted by Gasteiger charge is -2.22. The van der Waals surface area contributed by atoms with E-state index in [4.69, 9.17) is 0 Å². The molecule has 4 nitrogen and oxygen atoms in total. The second-order valence-corrected chi connectivity index (χ2v) is 7.09. The molecule has 0 bridgehead atoms. The first-order chi connectivity index (χ1) is 15.2. The average molecular weight is 411 g/mol. The Kier molecular flexibility index (Phi) is 7.95. The van der Waals surface area contributed by atoms with Crippen LogP contribution >= 0.6 is 0 Å². The summed E-state index contributed by atoms with van der Waals surface area (Å²) in [5.41, 5.74) is 3.58. The van der Waals surface area contributed by atoms with Crippen molar-refractivity contribution < 1.29 is 9.59 Å². The molecular formula is C27H26N2O2. The van der Waals surface area contributed by atoms with Crippen molar-refractivity contribution in [2.75, 3.05) is 11.4 Å². The van der Waals surface area contributed by atoms with E-state index < -0.39 is 0 Å². The summed E-state index contributed by atoms with van der Waals surface area (Å²) in [5, 5.41) is 2.78. The van der Waals surface area contributed by atoms with Crippen molar-refractivity contribution in [3.05, 3.63) is 120 Å². The predicted octanol–water partition coefficient (Wildman–Crippen LogP) is 4.78. The highest BCUT2D eigenvalue weighted by Crippen LogP contribution is 2.20. The predicted molar refractivity (Wildman–Crippen MR) is 126 cm³/mol. The van der Waals surface area contributed by atoms with E-state index in [0.717, 1.165) is 22.4 Å². The van der Waals surface area contributed by atoms with Crippen LogP contribution in [0, 0.1) is 0 Å². The zero-order valence-electron chi connectivity index (χ0n) is 17.4. The summed E-state index contributed by atoms with van der Waals surface area (Å²) in [6.07, 6.45) is 5.29. The van der Waals surface area contributed by atoms with Crippen molar-refractivity contribution in [3.8, 4) is 0 Å². The molecule has 3 aromatic rings. The molecule has 0 aliphatic heterocycles. The maximum absolute atomic E-state index is 13.1. The van der Waals surface area contributed by atoms with Crippen molar-refractivity contribution in [1.82, 2.24) is 5.32 Å². The smallest absolute Gasteiger partial charge is 0.251 e. The average Bonchev–Trinajstić information content (AvgIpc) is 2.81. The molecule has 0 heterocycles. The highest BCUT2D eigenvalue weighted by Gasteiger charge is 2.15. The van der Waals surface area contributed by atoms with Crippen molar-refractivity contribution in [1.29, 1.82) is 0 Å². The standard InChI is InChI=1S/C27H26N2O2/c1-2-18-28-26(30)20-24-14-9-15-25(19-24)29(21-23-12-7-4-8-13-23)27(31)17-16-22-10-5-3-6-11-22/h2-17,19H,1,18,20-21H2,(H,28,30)/b17-16+. The maximum Gasteiger partial charge on any atom is 0.251 e. The fourth-order valence-corrected chi connectivity index (χ4v) is 3.15. The summed E-state index contributed by atoms with van der Waals surface area (Å²) in [5.74, 6) is -0.206. The second-order valence-electron chi connectivity index (χ2n) is 7.09. The first-order valence-corrected chi connectivity index (χ1v) is 10.2. The number of nitrogens with one attached hydrogen (secondary N) is 1. The molecule has 0 unspecified atom stereocenters. The van der Waals surface area contributed by atoms with Crippen LogP contribution in [-0.2, 0) is 22.6 Å². The van der Waals surface area contributed by atoms with Crippen LogP contribution < -0.4 is 10.2 Å². The molecule has 31 heavy (non-hydrogen) atoms. The third kappa shape index (κ3) is 6.82. The SMILES string of the molecule is C=CCNC(=O)Cc1cccc(N(Cc2ccccc2)C(=O)/C=C/c2ccccc2)c1. The number of carbonyl (C=O) groups excluding carboxylic acids is 2. The molecular weight excluding hydrogens is 384 g/mol. The Bertz CT molecular complexity index is 1040. The summed E-state index contributed by atoms with van der Waals surface area (Å²) < 4.78 is 0. The molecule has 1 N–H and O–H groups in total. The fourth-order valence-electron chi connectivity index (χ4n) is 3.15. The van der Waals surface area contributed by atoms with Crippen molar-refractivity contribution >= 4 is 23.6 Å². The first kappa shape index (κ1) is 21.8. The summed E-state index contributed by atoms with van der Waals surface area (Å²) in [6, 6.07) is 27.1. The van der Waals surface area contributed by atoms with E-state index >= 15 is 0 Å². The number of hydrogen-bond donors (Lipinski definition) is 1. The number of amides is 2. The molecule has 0 radical (unpaired) electrons. The number of anilines is 1. The normalized spacial score (nSPS) is 10.6. The molecule has 3 aromatic carbocycles. The lowest BCUT2D eigenvalue weighted by molar-refractivity contribution is -0.120. The minimum absolute atomic E-state index is 0.0815. The number of rotatable bonds is 9. The molecule has 0 fully saturated rings. The summed E-state index contributed by atoms with van der Waals surface area (Å²) in [6.45, 7) is 4.48. The van der Waals surface area contributed by atoms with E-state index in [1.165, 1.54) is 0 Å². The van der Waals surface area contributed by atoms with Gasteiger partial charge in [0.05, 0.1) is 13.0 Å². The van der Waals surface area contributed by atoms with E-state index in [0.29, 0.717) is 13.1 Å². The Labute approximate surface area is 183 Å². The Morgan fingerprint density at radius 2 is 1.55 bits per heavy atom. The van der Waals surface area contributed by atoms with E-state index in [1.807, 2.05) is 91.0 Å². The van der Waals surface area contributed by atoms with E-state index in [-0.39, 0.29) is 18.2 Å². The van der Waals surface area contributed by atoms with Crippen molar-refractivity contribution in [2.24, 2.45) is 0 Å². The van der Waals surface area contributed by atoms with Crippen LogP contribution in [0.25, 0.3) is 6.08 Å². The van der Waals surface area contributed by atoms with Gasteiger partial charge >= 0.3 is 0 Å². The van der Waals surface area contributed by atoms with Crippen LogP contribution in [0.1, 0.15) is 16.7 Å². The molecule has 0 spiro atoms. The molecule has 4 heteroatoms. The molecule has 0 aliphatic carbocycles. The highest BCUT2D eigenvalue weighted by molar-refractivity contribution is 6.03. The van der Waals surface area contributed by atoms with E-state index in [9.17, 15) is 9.59 Å². The fraction of sp³-hybridized carbons (Fsp3) is 0.111. The largest absolute Gasteiger partial charge is 0.352 e. The lowest BCUT2D eigenvalue weighted by Crippen LogP contribution is -2.29. The Balaban J connectivity index is 1.84. The quantitative estimate of drug-likeness (QED) is 0.408. The number of nitrogens with zero attached hydrogens (tertiary/aromatic N) is 1. The van der Waals surface area contributed by atoms with Gasteiger partial charge in [-0.25, -0.2) is 0 Å². The van der Waals surface area contributed by atoms with Crippen LogP contribution in [-0.4, -0.2) is 18.4 Å². The second kappa shape index (κ2) is 11.3. The van der Waals surface area contributed by atoms with E-state index in [2.05, 4.69) is 11.9 Å². The molecule has 2 amide bonds. The molecule has 3 rings (SSSR count). The summed E-state index contributed by atoms with van der Waals surface area (Å²) in [7, 11) is 0. The van der Waals surface area contributed by atoms with E-state index in [1.54, 1.807) is 17.1 Å². The molecule has 156 valence electrons. The molecule has 0 saturated heterocycles. The Morgan fingerprint density at radius 3 is 2.26 bits per heavy atom. The van der Waals surface area contributed by atoms with Gasteiger partial charge in [0.15, 0.2) is 0 Å². The van der Waals surface area contributed by atoms with Gasteiger partial charge in [0.1, 0.15) is 0 Å². The highest BCUT2D eigenvalue weighted by atomic mass is 16.2. The third-order valence-corrected chi connectivity index (χ3v) is 4.70. The van der Waals surface area contributed by atoms with Crippen LogP contribution in [0.15, 0.2) is 104 Å². The summed E-state index contributed by atoms with van der Waals surface area (Å²) >= 11 is 0. The van der Waals surface area contributed by atoms with Gasteiger partial charge in [0, 0.05) is 18.3 Å². The topological polar surface area (TPSA) is 49.4 Å². The van der Waals surface area contributed by atoms with Crippen molar-refractivity contribution in [3.63, 3.8) is 0 Å². The maximum atomic E-state index is 13.1. The summed E-state index contributed by atoms with van der Waals surface area (Å²) in [4.78, 5) is 27.0. The minimum atomic E-state index is -0.124. The van der Waals surface area contributed by atoms with Crippen LogP contribution in [0.5, 0.6) is 0 Å². The van der Waals surface area contributed by atoms with Gasteiger partial charge in [0.25, 0.3) is 5.91 Å².